The molecule has 1 unspecified atom stereocenters. The summed E-state index contributed by atoms with van der Waals surface area (Å²) in [6, 6.07) is 0. The highest BCUT2D eigenvalue weighted by Crippen LogP contribution is 2.12. The summed E-state index contributed by atoms with van der Waals surface area (Å²) in [4.78, 5) is 6.91. The van der Waals surface area contributed by atoms with Crippen molar-refractivity contribution in [1.29, 1.82) is 0 Å². The van der Waals surface area contributed by atoms with Gasteiger partial charge >= 0.3 is 0 Å². The van der Waals surface area contributed by atoms with Crippen molar-refractivity contribution in [3.63, 3.8) is 0 Å². The van der Waals surface area contributed by atoms with Crippen LogP contribution in [0.1, 0.15) is 51.4 Å². The number of nitrogens with one attached hydrogen (secondary N) is 2. The minimum absolute atomic E-state index is 0. The Balaban J connectivity index is 0.00000364. The Morgan fingerprint density at radius 3 is 2.56 bits per heavy atom. The van der Waals surface area contributed by atoms with Crippen molar-refractivity contribution in [3.05, 3.63) is 0 Å². The average molecular weight is 496 g/mol. The summed E-state index contributed by atoms with van der Waals surface area (Å²) < 4.78 is 11.1. The van der Waals surface area contributed by atoms with Crippen LogP contribution in [-0.2, 0) is 9.47 Å². The van der Waals surface area contributed by atoms with Gasteiger partial charge in [-0.25, -0.2) is 0 Å². The fraction of sp³-hybridized carbons (Fsp3) is 0.950. The van der Waals surface area contributed by atoms with E-state index in [9.17, 15) is 0 Å². The molecule has 0 spiro atoms. The molecule has 0 bridgehead atoms. The van der Waals surface area contributed by atoms with E-state index in [4.69, 9.17) is 9.47 Å². The van der Waals surface area contributed by atoms with Crippen molar-refractivity contribution in [2.24, 2.45) is 10.9 Å². The number of hydrogen-bond acceptors (Lipinski definition) is 4. The summed E-state index contributed by atoms with van der Waals surface area (Å²) in [5, 5.41) is 6.78. The van der Waals surface area contributed by atoms with E-state index in [0.29, 0.717) is 5.92 Å². The molecule has 2 fully saturated rings. The van der Waals surface area contributed by atoms with Crippen molar-refractivity contribution in [3.8, 4) is 0 Å². The molecular weight excluding hydrogens is 455 g/mol. The van der Waals surface area contributed by atoms with E-state index in [1.807, 2.05) is 7.05 Å². The number of piperidine rings is 1. The molecule has 0 aromatic carbocycles. The zero-order valence-electron chi connectivity index (χ0n) is 17.2. The maximum atomic E-state index is 5.72. The Labute approximate surface area is 183 Å². The topological polar surface area (TPSA) is 58.1 Å². The molecule has 0 aliphatic carbocycles. The average Bonchev–Trinajstić information content (AvgIpc) is 3.19. The van der Waals surface area contributed by atoms with Gasteiger partial charge in [0.15, 0.2) is 5.96 Å². The number of ether oxygens (including phenoxy) is 2. The third kappa shape index (κ3) is 12.1. The Morgan fingerprint density at radius 1 is 1.07 bits per heavy atom. The van der Waals surface area contributed by atoms with Crippen LogP contribution in [0, 0.1) is 5.92 Å². The van der Waals surface area contributed by atoms with Gasteiger partial charge < -0.3 is 25.0 Å². The molecule has 2 aliphatic heterocycles. The van der Waals surface area contributed by atoms with Crippen LogP contribution in [-0.4, -0.2) is 77.1 Å². The smallest absolute Gasteiger partial charge is 0.190 e. The highest BCUT2D eigenvalue weighted by molar-refractivity contribution is 14.0. The third-order valence-electron chi connectivity index (χ3n) is 5.25. The maximum Gasteiger partial charge on any atom is 0.190 e. The second-order valence-electron chi connectivity index (χ2n) is 7.55. The zero-order valence-corrected chi connectivity index (χ0v) is 19.5. The minimum atomic E-state index is 0. The Hall–Kier alpha value is -0.120. The molecule has 0 aromatic heterocycles. The second-order valence-corrected chi connectivity index (χ2v) is 7.55. The van der Waals surface area contributed by atoms with E-state index in [1.165, 1.54) is 58.2 Å². The number of hydrogen-bond donors (Lipinski definition) is 2. The first-order valence-corrected chi connectivity index (χ1v) is 10.7. The number of likely N-dealkylation sites (tertiary alicyclic amines) is 1. The largest absolute Gasteiger partial charge is 0.381 e. The summed E-state index contributed by atoms with van der Waals surface area (Å²) in [7, 11) is 1.84. The van der Waals surface area contributed by atoms with Crippen molar-refractivity contribution in [2.75, 3.05) is 66.2 Å². The van der Waals surface area contributed by atoms with Crippen molar-refractivity contribution >= 4 is 29.9 Å². The monoisotopic (exact) mass is 496 g/mol. The van der Waals surface area contributed by atoms with E-state index in [0.717, 1.165) is 58.3 Å². The highest BCUT2D eigenvalue weighted by Gasteiger charge is 2.15. The van der Waals surface area contributed by atoms with E-state index in [1.54, 1.807) is 0 Å². The molecule has 6 nitrogen and oxygen atoms in total. The number of unbranched alkanes of at least 4 members (excludes halogenated alkanes) is 2. The lowest BCUT2D eigenvalue weighted by atomic mass is 10.1. The van der Waals surface area contributed by atoms with Crippen LogP contribution in [0.5, 0.6) is 0 Å². The van der Waals surface area contributed by atoms with Gasteiger partial charge in [0, 0.05) is 39.3 Å². The lowest BCUT2D eigenvalue weighted by Gasteiger charge is -2.26. The molecule has 0 amide bonds. The fourth-order valence-corrected chi connectivity index (χ4v) is 3.59. The molecule has 1 atom stereocenters. The van der Waals surface area contributed by atoms with Gasteiger partial charge in [0.2, 0.25) is 0 Å². The molecule has 7 heteroatoms. The fourth-order valence-electron chi connectivity index (χ4n) is 3.59. The Bertz CT molecular complexity index is 373. The van der Waals surface area contributed by atoms with Crippen LogP contribution in [0.4, 0.5) is 0 Å². The van der Waals surface area contributed by atoms with Gasteiger partial charge in [0.25, 0.3) is 0 Å². The quantitative estimate of drug-likeness (QED) is 0.188. The molecule has 27 heavy (non-hydrogen) atoms. The van der Waals surface area contributed by atoms with E-state index >= 15 is 0 Å². The van der Waals surface area contributed by atoms with Crippen molar-refractivity contribution in [2.45, 2.75) is 51.4 Å². The van der Waals surface area contributed by atoms with Crippen molar-refractivity contribution in [1.82, 2.24) is 15.5 Å². The summed E-state index contributed by atoms with van der Waals surface area (Å²) in [6.45, 7) is 9.21. The lowest BCUT2D eigenvalue weighted by Crippen LogP contribution is -2.38. The van der Waals surface area contributed by atoms with E-state index in [-0.39, 0.29) is 24.0 Å². The Morgan fingerprint density at radius 2 is 1.85 bits per heavy atom. The van der Waals surface area contributed by atoms with Gasteiger partial charge in [-0.2, -0.15) is 0 Å². The summed E-state index contributed by atoms with van der Waals surface area (Å²) >= 11 is 0. The normalized spacial score (nSPS) is 21.1. The Kier molecular flexibility index (Phi) is 15.5. The standard InChI is InChI=1S/C20H40N4O2.HI/c1-21-20(23-11-8-15-25-17-19-9-16-26-18-19)22-10-4-2-5-12-24-13-6-3-7-14-24;/h19H,2-18H2,1H3,(H2,21,22,23);1H. The van der Waals surface area contributed by atoms with Gasteiger partial charge in [-0.15, -0.1) is 24.0 Å². The van der Waals surface area contributed by atoms with E-state index < -0.39 is 0 Å². The number of rotatable bonds is 12. The molecule has 2 heterocycles. The summed E-state index contributed by atoms with van der Waals surface area (Å²) in [5.74, 6) is 1.51. The second kappa shape index (κ2) is 16.8. The third-order valence-corrected chi connectivity index (χ3v) is 5.25. The highest BCUT2D eigenvalue weighted by atomic mass is 127. The van der Waals surface area contributed by atoms with Crippen molar-refractivity contribution < 1.29 is 9.47 Å². The molecular formula is C20H41IN4O2. The van der Waals surface area contributed by atoms with Crippen LogP contribution in [0.3, 0.4) is 0 Å². The first kappa shape index (κ1) is 24.9. The van der Waals surface area contributed by atoms with Gasteiger partial charge in [-0.05, 0) is 58.2 Å². The van der Waals surface area contributed by atoms with Crippen LogP contribution in [0.2, 0.25) is 0 Å². The number of halogens is 1. The van der Waals surface area contributed by atoms with Crippen LogP contribution in [0.15, 0.2) is 4.99 Å². The minimum Gasteiger partial charge on any atom is -0.381 e. The molecule has 0 aromatic rings. The lowest BCUT2D eigenvalue weighted by molar-refractivity contribution is 0.0888. The van der Waals surface area contributed by atoms with Crippen LogP contribution >= 0.6 is 24.0 Å². The maximum absolute atomic E-state index is 5.72. The SMILES string of the molecule is CN=C(NCCCCCN1CCCCC1)NCCCOCC1CCOC1.I. The van der Waals surface area contributed by atoms with Gasteiger partial charge in [-0.1, -0.05) is 12.8 Å². The first-order chi connectivity index (χ1) is 12.9. The summed E-state index contributed by atoms with van der Waals surface area (Å²) in [5.41, 5.74) is 0. The summed E-state index contributed by atoms with van der Waals surface area (Å²) in [6.07, 6.45) is 10.2. The van der Waals surface area contributed by atoms with Gasteiger partial charge in [-0.3, -0.25) is 4.99 Å². The molecule has 2 rings (SSSR count). The number of aliphatic imine (C=N–C) groups is 1. The molecule has 160 valence electrons. The van der Waals surface area contributed by atoms with Gasteiger partial charge in [0.05, 0.1) is 13.2 Å². The predicted molar refractivity (Wildman–Crippen MR) is 123 cm³/mol. The van der Waals surface area contributed by atoms with Crippen LogP contribution < -0.4 is 10.6 Å². The molecule has 0 radical (unpaired) electrons. The zero-order chi connectivity index (χ0) is 18.3. The first-order valence-electron chi connectivity index (χ1n) is 10.7. The number of nitrogens with zero attached hydrogens (tertiary/aromatic N) is 2. The molecule has 0 saturated carbocycles. The predicted octanol–water partition coefficient (Wildman–Crippen LogP) is 2.87. The number of guanidine groups is 1. The molecule has 2 saturated heterocycles. The van der Waals surface area contributed by atoms with Crippen LogP contribution in [0.25, 0.3) is 0 Å². The van der Waals surface area contributed by atoms with E-state index in [2.05, 4.69) is 20.5 Å². The van der Waals surface area contributed by atoms with Gasteiger partial charge in [0.1, 0.15) is 0 Å². The molecule has 2 aliphatic rings. The molecule has 2 N–H and O–H groups in total.